The molecule has 0 bridgehead atoms. The van der Waals surface area contributed by atoms with E-state index in [4.69, 9.17) is 21.1 Å². The van der Waals surface area contributed by atoms with E-state index in [1.165, 1.54) is 5.56 Å². The Hall–Kier alpha value is -3.56. The molecule has 4 aromatic rings. The second-order valence-corrected chi connectivity index (χ2v) is 7.88. The van der Waals surface area contributed by atoms with E-state index in [1.54, 1.807) is 0 Å². The third kappa shape index (κ3) is 4.32. The molecule has 0 fully saturated rings. The van der Waals surface area contributed by atoms with Gasteiger partial charge in [-0.1, -0.05) is 78.3 Å². The second-order valence-electron chi connectivity index (χ2n) is 7.44. The molecule has 3 nitrogen and oxygen atoms in total. The topological polar surface area (TPSA) is 28.7 Å². The Balaban J connectivity index is 1.41. The largest absolute Gasteiger partial charge is 0.455 e. The molecule has 4 heteroatoms. The van der Waals surface area contributed by atoms with Crippen LogP contribution in [0.25, 0.3) is 12.2 Å². The molecule has 2 heterocycles. The van der Waals surface area contributed by atoms with Gasteiger partial charge in [-0.25, -0.2) is 0 Å². The van der Waals surface area contributed by atoms with E-state index in [2.05, 4.69) is 41.4 Å². The minimum Gasteiger partial charge on any atom is -0.455 e. The van der Waals surface area contributed by atoms with Crippen LogP contribution in [-0.4, -0.2) is 5.71 Å². The number of hydrogen-bond donors (Lipinski definition) is 0. The Morgan fingerprint density at radius 2 is 1.52 bits per heavy atom. The van der Waals surface area contributed by atoms with Crippen molar-refractivity contribution in [3.05, 3.63) is 125 Å². The Bertz CT molecular complexity index is 1210. The van der Waals surface area contributed by atoms with Gasteiger partial charge in [0.25, 0.3) is 0 Å². The van der Waals surface area contributed by atoms with Gasteiger partial charge in [-0.3, -0.25) is 5.01 Å². The number of benzene rings is 3. The minimum atomic E-state index is 0.136. The normalized spacial score (nSPS) is 16.1. The average Bonchev–Trinajstić information content (AvgIpc) is 3.47. The molecule has 0 radical (unpaired) electrons. The predicted molar refractivity (Wildman–Crippen MR) is 128 cm³/mol. The Kier molecular flexibility index (Phi) is 5.42. The Morgan fingerprint density at radius 3 is 2.26 bits per heavy atom. The third-order valence-corrected chi connectivity index (χ3v) is 5.59. The highest BCUT2D eigenvalue weighted by Crippen LogP contribution is 2.36. The summed E-state index contributed by atoms with van der Waals surface area (Å²) >= 11 is 5.96. The summed E-state index contributed by atoms with van der Waals surface area (Å²) in [5.74, 6) is 1.59. The van der Waals surface area contributed by atoms with E-state index >= 15 is 0 Å². The molecular weight excluding hydrogens is 404 g/mol. The summed E-state index contributed by atoms with van der Waals surface area (Å²) < 4.78 is 6.11. The van der Waals surface area contributed by atoms with Gasteiger partial charge in [-0.15, -0.1) is 0 Å². The molecule has 0 aliphatic carbocycles. The molecule has 3 aromatic carbocycles. The number of hydrazone groups is 1. The number of anilines is 1. The Morgan fingerprint density at radius 1 is 0.806 bits per heavy atom. The summed E-state index contributed by atoms with van der Waals surface area (Å²) in [5.41, 5.74) is 4.32. The first kappa shape index (κ1) is 19.4. The van der Waals surface area contributed by atoms with Crippen molar-refractivity contribution in [1.29, 1.82) is 0 Å². The molecule has 0 spiro atoms. The molecular formula is C27H21ClN2O. The number of para-hydroxylation sites is 1. The lowest BCUT2D eigenvalue weighted by molar-refractivity contribution is 0.546. The maximum Gasteiger partial charge on any atom is 0.150 e. The van der Waals surface area contributed by atoms with Crippen LogP contribution in [0.1, 0.15) is 35.1 Å². The smallest absolute Gasteiger partial charge is 0.150 e. The third-order valence-electron chi connectivity index (χ3n) is 5.34. The van der Waals surface area contributed by atoms with Gasteiger partial charge in [-0.05, 0) is 53.6 Å². The monoisotopic (exact) mass is 424 g/mol. The van der Waals surface area contributed by atoms with Crippen molar-refractivity contribution in [3.63, 3.8) is 0 Å². The first-order valence-corrected chi connectivity index (χ1v) is 10.6. The van der Waals surface area contributed by atoms with Gasteiger partial charge in [0.1, 0.15) is 11.5 Å². The van der Waals surface area contributed by atoms with Crippen molar-refractivity contribution >= 4 is 35.2 Å². The van der Waals surface area contributed by atoms with Crippen LogP contribution in [0.4, 0.5) is 5.69 Å². The molecule has 1 aliphatic heterocycles. The predicted octanol–water partition coefficient (Wildman–Crippen LogP) is 7.46. The molecule has 0 N–H and O–H groups in total. The fraction of sp³-hybridized carbons (Fsp3) is 0.0741. The lowest BCUT2D eigenvalue weighted by atomic mass is 10.0. The molecule has 1 atom stereocenters. The summed E-state index contributed by atoms with van der Waals surface area (Å²) in [5, 5.41) is 7.77. The van der Waals surface area contributed by atoms with Gasteiger partial charge >= 0.3 is 0 Å². The number of halogens is 1. The molecule has 5 rings (SSSR count). The average molecular weight is 425 g/mol. The first-order chi connectivity index (χ1) is 15.3. The van der Waals surface area contributed by atoms with Crippen molar-refractivity contribution in [3.8, 4) is 0 Å². The lowest BCUT2D eigenvalue weighted by Crippen LogP contribution is -2.18. The van der Waals surface area contributed by atoms with E-state index in [9.17, 15) is 0 Å². The van der Waals surface area contributed by atoms with Gasteiger partial charge in [0.2, 0.25) is 0 Å². The van der Waals surface area contributed by atoms with Crippen LogP contribution in [-0.2, 0) is 0 Å². The highest BCUT2D eigenvalue weighted by atomic mass is 35.5. The van der Waals surface area contributed by atoms with Gasteiger partial charge in [-0.2, -0.15) is 5.10 Å². The quantitative estimate of drug-likeness (QED) is 0.332. The van der Waals surface area contributed by atoms with E-state index in [0.29, 0.717) is 0 Å². The number of hydrogen-bond acceptors (Lipinski definition) is 3. The molecule has 1 aliphatic rings. The van der Waals surface area contributed by atoms with E-state index < -0.39 is 0 Å². The zero-order valence-corrected chi connectivity index (χ0v) is 17.6. The standard InChI is InChI=1S/C27H21ClN2O/c28-22-14-11-20(12-15-22)13-16-24-17-18-27(31-24)25-19-26(21-7-3-1-4-8-21)30(29-25)23-9-5-2-6-10-23/h1-18,26H,19H2/b16-13+. The van der Waals surface area contributed by atoms with Gasteiger partial charge in [0, 0.05) is 11.4 Å². The van der Waals surface area contributed by atoms with Crippen LogP contribution in [0.5, 0.6) is 0 Å². The number of rotatable bonds is 5. The number of nitrogens with zero attached hydrogens (tertiary/aromatic N) is 2. The van der Waals surface area contributed by atoms with Crippen molar-refractivity contribution in [2.45, 2.75) is 12.5 Å². The van der Waals surface area contributed by atoms with Crippen molar-refractivity contribution in [2.24, 2.45) is 5.10 Å². The molecule has 31 heavy (non-hydrogen) atoms. The summed E-state index contributed by atoms with van der Waals surface area (Å²) in [6.07, 6.45) is 4.76. The van der Waals surface area contributed by atoms with Crippen LogP contribution in [0.3, 0.4) is 0 Å². The van der Waals surface area contributed by atoms with Crippen LogP contribution in [0.2, 0.25) is 5.02 Å². The summed E-state index contributed by atoms with van der Waals surface area (Å²) in [4.78, 5) is 0. The van der Waals surface area contributed by atoms with E-state index in [0.717, 1.165) is 39.9 Å². The Labute approximate surface area is 186 Å². The fourth-order valence-electron chi connectivity index (χ4n) is 3.76. The zero-order chi connectivity index (χ0) is 21.0. The highest BCUT2D eigenvalue weighted by Gasteiger charge is 2.31. The maximum absolute atomic E-state index is 6.11. The molecule has 0 saturated carbocycles. The van der Waals surface area contributed by atoms with Crippen LogP contribution < -0.4 is 5.01 Å². The van der Waals surface area contributed by atoms with Crippen LogP contribution in [0.15, 0.2) is 107 Å². The lowest BCUT2D eigenvalue weighted by Gasteiger charge is -2.23. The minimum absolute atomic E-state index is 0.136. The summed E-state index contributed by atoms with van der Waals surface area (Å²) in [7, 11) is 0. The van der Waals surface area contributed by atoms with Crippen LogP contribution >= 0.6 is 11.6 Å². The maximum atomic E-state index is 6.11. The van der Waals surface area contributed by atoms with Gasteiger partial charge in [0.05, 0.1) is 11.7 Å². The second kappa shape index (κ2) is 8.66. The first-order valence-electron chi connectivity index (χ1n) is 10.3. The van der Waals surface area contributed by atoms with Crippen molar-refractivity contribution < 1.29 is 4.42 Å². The fourth-order valence-corrected chi connectivity index (χ4v) is 3.89. The van der Waals surface area contributed by atoms with E-state index in [-0.39, 0.29) is 6.04 Å². The van der Waals surface area contributed by atoms with Crippen LogP contribution in [0, 0.1) is 0 Å². The van der Waals surface area contributed by atoms with Crippen molar-refractivity contribution in [1.82, 2.24) is 0 Å². The van der Waals surface area contributed by atoms with Crippen molar-refractivity contribution in [2.75, 3.05) is 5.01 Å². The summed E-state index contributed by atoms with van der Waals surface area (Å²) in [6, 6.07) is 32.6. The summed E-state index contributed by atoms with van der Waals surface area (Å²) in [6.45, 7) is 0. The number of furan rings is 1. The van der Waals surface area contributed by atoms with E-state index in [1.807, 2.05) is 72.8 Å². The molecule has 0 amide bonds. The molecule has 152 valence electrons. The van der Waals surface area contributed by atoms with Gasteiger partial charge < -0.3 is 4.42 Å². The molecule has 1 aromatic heterocycles. The SMILES string of the molecule is Clc1ccc(/C=C/c2ccc(C3=NN(c4ccccc4)C(c4ccccc4)C3)o2)cc1. The molecule has 1 unspecified atom stereocenters. The molecule has 0 saturated heterocycles. The van der Waals surface area contributed by atoms with Gasteiger partial charge in [0.15, 0.2) is 5.76 Å². The highest BCUT2D eigenvalue weighted by molar-refractivity contribution is 6.30. The zero-order valence-electron chi connectivity index (χ0n) is 16.9.